The number of epoxide rings is 1. The van der Waals surface area contributed by atoms with Crippen molar-refractivity contribution in [3.63, 3.8) is 0 Å². The first-order chi connectivity index (χ1) is 7.58. The van der Waals surface area contributed by atoms with E-state index in [1.54, 1.807) is 13.8 Å². The molecule has 0 unspecified atom stereocenters. The van der Waals surface area contributed by atoms with E-state index in [1.165, 1.54) is 5.56 Å². The third kappa shape index (κ3) is 1.83. The maximum atomic E-state index is 11.6. The minimum atomic E-state index is -0.786. The number of aryl methyl sites for hydroxylation is 1. The second-order valence-corrected chi connectivity index (χ2v) is 4.24. The van der Waals surface area contributed by atoms with Crippen molar-refractivity contribution in [2.45, 2.75) is 32.5 Å². The van der Waals surface area contributed by atoms with Crippen LogP contribution in [0.1, 0.15) is 31.1 Å². The van der Waals surface area contributed by atoms with Gasteiger partial charge in [-0.1, -0.05) is 29.8 Å². The van der Waals surface area contributed by atoms with E-state index in [1.807, 2.05) is 31.2 Å². The van der Waals surface area contributed by atoms with Gasteiger partial charge in [-0.3, -0.25) is 0 Å². The van der Waals surface area contributed by atoms with Gasteiger partial charge in [0, 0.05) is 0 Å². The van der Waals surface area contributed by atoms with Crippen molar-refractivity contribution in [1.82, 2.24) is 0 Å². The van der Waals surface area contributed by atoms with Crippen molar-refractivity contribution >= 4 is 5.97 Å². The minimum absolute atomic E-state index is 0.160. The largest absolute Gasteiger partial charge is 0.464 e. The number of benzene rings is 1. The predicted molar refractivity (Wildman–Crippen MR) is 60.0 cm³/mol. The van der Waals surface area contributed by atoms with E-state index in [0.29, 0.717) is 6.61 Å². The highest BCUT2D eigenvalue weighted by Crippen LogP contribution is 2.50. The Morgan fingerprint density at radius 1 is 1.44 bits per heavy atom. The average molecular weight is 220 g/mol. The van der Waals surface area contributed by atoms with Crippen LogP contribution >= 0.6 is 0 Å². The number of hydrogen-bond acceptors (Lipinski definition) is 3. The lowest BCUT2D eigenvalue weighted by atomic mass is 10.0. The molecule has 1 aliphatic heterocycles. The minimum Gasteiger partial charge on any atom is -0.464 e. The van der Waals surface area contributed by atoms with Crippen LogP contribution in [0.2, 0.25) is 0 Å². The molecule has 1 saturated heterocycles. The first-order valence-electron chi connectivity index (χ1n) is 5.49. The molecule has 2 rings (SSSR count). The summed E-state index contributed by atoms with van der Waals surface area (Å²) in [7, 11) is 0. The number of ether oxygens (including phenoxy) is 2. The molecule has 86 valence electrons. The lowest BCUT2D eigenvalue weighted by molar-refractivity contribution is -0.148. The van der Waals surface area contributed by atoms with E-state index < -0.39 is 5.60 Å². The van der Waals surface area contributed by atoms with Crippen LogP contribution < -0.4 is 0 Å². The summed E-state index contributed by atoms with van der Waals surface area (Å²) >= 11 is 0. The summed E-state index contributed by atoms with van der Waals surface area (Å²) in [5, 5.41) is 0. The van der Waals surface area contributed by atoms with E-state index in [0.717, 1.165) is 5.56 Å². The molecule has 1 heterocycles. The first kappa shape index (κ1) is 11.1. The summed E-state index contributed by atoms with van der Waals surface area (Å²) in [5.74, 6) is -0.277. The average Bonchev–Trinajstić information content (AvgIpc) is 2.94. The number of rotatable bonds is 3. The topological polar surface area (TPSA) is 38.8 Å². The molecule has 1 aromatic rings. The Kier molecular flexibility index (Phi) is 2.72. The molecule has 0 amide bonds. The fraction of sp³-hybridized carbons (Fsp3) is 0.462. The van der Waals surface area contributed by atoms with Gasteiger partial charge in [0.05, 0.1) is 6.61 Å². The molecule has 0 aromatic heterocycles. The Bertz CT molecular complexity index is 396. The fourth-order valence-corrected chi connectivity index (χ4v) is 1.77. The third-order valence-corrected chi connectivity index (χ3v) is 2.87. The molecule has 0 saturated carbocycles. The molecular weight excluding hydrogens is 204 g/mol. The van der Waals surface area contributed by atoms with Gasteiger partial charge in [-0.15, -0.1) is 0 Å². The predicted octanol–water partition coefficient (Wildman–Crippen LogP) is 2.39. The molecule has 2 atom stereocenters. The number of esters is 1. The lowest BCUT2D eigenvalue weighted by Crippen LogP contribution is -2.24. The maximum absolute atomic E-state index is 11.6. The normalized spacial score (nSPS) is 27.6. The summed E-state index contributed by atoms with van der Waals surface area (Å²) in [5.41, 5.74) is 1.44. The molecule has 1 fully saturated rings. The highest BCUT2D eigenvalue weighted by Gasteiger charge is 2.60. The Morgan fingerprint density at radius 2 is 2.06 bits per heavy atom. The zero-order chi connectivity index (χ0) is 11.8. The summed E-state index contributed by atoms with van der Waals surface area (Å²) in [6, 6.07) is 8.01. The van der Waals surface area contributed by atoms with Crippen LogP contribution in [-0.2, 0) is 14.3 Å². The van der Waals surface area contributed by atoms with Crippen LogP contribution in [0.3, 0.4) is 0 Å². The van der Waals surface area contributed by atoms with Crippen molar-refractivity contribution in [2.75, 3.05) is 6.61 Å². The molecule has 0 spiro atoms. The summed E-state index contributed by atoms with van der Waals surface area (Å²) in [6.07, 6.45) is -0.160. The van der Waals surface area contributed by atoms with Gasteiger partial charge in [0.1, 0.15) is 6.10 Å². The van der Waals surface area contributed by atoms with Crippen molar-refractivity contribution < 1.29 is 14.3 Å². The molecule has 0 aliphatic carbocycles. The van der Waals surface area contributed by atoms with Gasteiger partial charge in [-0.25, -0.2) is 4.79 Å². The van der Waals surface area contributed by atoms with Crippen LogP contribution in [-0.4, -0.2) is 18.2 Å². The molecule has 0 N–H and O–H groups in total. The fourth-order valence-electron chi connectivity index (χ4n) is 1.77. The van der Waals surface area contributed by atoms with Crippen molar-refractivity contribution in [2.24, 2.45) is 0 Å². The summed E-state index contributed by atoms with van der Waals surface area (Å²) in [4.78, 5) is 11.6. The van der Waals surface area contributed by atoms with Gasteiger partial charge in [0.2, 0.25) is 0 Å². The Hall–Kier alpha value is -1.35. The quantitative estimate of drug-likeness (QED) is 0.580. The Labute approximate surface area is 95.4 Å². The van der Waals surface area contributed by atoms with Gasteiger partial charge in [0.15, 0.2) is 5.60 Å². The van der Waals surface area contributed by atoms with Gasteiger partial charge in [0.25, 0.3) is 0 Å². The standard InChI is InChI=1S/C13H16O3/c1-4-15-12(14)13(3)11(16-13)10-7-5-9(2)6-8-10/h5-8,11H,4H2,1-3H3/t11-,13-/m1/s1. The number of carbonyl (C=O) groups excluding carboxylic acids is 1. The number of carbonyl (C=O) groups is 1. The molecule has 0 bridgehead atoms. The third-order valence-electron chi connectivity index (χ3n) is 2.87. The van der Waals surface area contributed by atoms with E-state index in [2.05, 4.69) is 0 Å². The molecule has 3 nitrogen and oxygen atoms in total. The van der Waals surface area contributed by atoms with E-state index in [-0.39, 0.29) is 12.1 Å². The van der Waals surface area contributed by atoms with Crippen molar-refractivity contribution in [3.8, 4) is 0 Å². The van der Waals surface area contributed by atoms with Gasteiger partial charge >= 0.3 is 5.97 Å². The highest BCUT2D eigenvalue weighted by molar-refractivity contribution is 5.83. The van der Waals surface area contributed by atoms with Gasteiger partial charge in [-0.2, -0.15) is 0 Å². The Balaban J connectivity index is 2.10. The number of hydrogen-bond donors (Lipinski definition) is 0. The summed E-state index contributed by atoms with van der Waals surface area (Å²) in [6.45, 7) is 5.99. The van der Waals surface area contributed by atoms with Gasteiger partial charge < -0.3 is 9.47 Å². The first-order valence-corrected chi connectivity index (χ1v) is 5.49. The summed E-state index contributed by atoms with van der Waals surface area (Å²) < 4.78 is 10.5. The smallest absolute Gasteiger partial charge is 0.341 e. The van der Waals surface area contributed by atoms with E-state index in [4.69, 9.17) is 9.47 Å². The second kappa shape index (κ2) is 3.91. The SMILES string of the molecule is CCOC(=O)[C@]1(C)O[C@@H]1c1ccc(C)cc1. The molecule has 16 heavy (non-hydrogen) atoms. The van der Waals surface area contributed by atoms with Crippen LogP contribution in [0.5, 0.6) is 0 Å². The van der Waals surface area contributed by atoms with Crippen LogP contribution in [0.15, 0.2) is 24.3 Å². The second-order valence-electron chi connectivity index (χ2n) is 4.24. The monoisotopic (exact) mass is 220 g/mol. The molecule has 1 aliphatic rings. The van der Waals surface area contributed by atoms with Crippen LogP contribution in [0.4, 0.5) is 0 Å². The van der Waals surface area contributed by atoms with Crippen LogP contribution in [0, 0.1) is 6.92 Å². The van der Waals surface area contributed by atoms with E-state index >= 15 is 0 Å². The van der Waals surface area contributed by atoms with Crippen molar-refractivity contribution in [3.05, 3.63) is 35.4 Å². The molecule has 1 aromatic carbocycles. The zero-order valence-electron chi connectivity index (χ0n) is 9.82. The highest BCUT2D eigenvalue weighted by atomic mass is 16.7. The molecule has 3 heteroatoms. The van der Waals surface area contributed by atoms with E-state index in [9.17, 15) is 4.79 Å². The zero-order valence-corrected chi connectivity index (χ0v) is 9.82. The molecule has 0 radical (unpaired) electrons. The Morgan fingerprint density at radius 3 is 2.62 bits per heavy atom. The maximum Gasteiger partial charge on any atom is 0.341 e. The lowest BCUT2D eigenvalue weighted by Gasteiger charge is -2.05. The van der Waals surface area contributed by atoms with Crippen LogP contribution in [0.25, 0.3) is 0 Å². The molecular formula is C13H16O3. The van der Waals surface area contributed by atoms with Crippen molar-refractivity contribution in [1.29, 1.82) is 0 Å². The van der Waals surface area contributed by atoms with Gasteiger partial charge in [-0.05, 0) is 26.3 Å².